The number of benzene rings is 2. The predicted molar refractivity (Wildman–Crippen MR) is 117 cm³/mol. The lowest BCUT2D eigenvalue weighted by Gasteiger charge is -2.08. The van der Waals surface area contributed by atoms with Gasteiger partial charge in [-0.2, -0.15) is 0 Å². The van der Waals surface area contributed by atoms with Crippen molar-refractivity contribution in [2.24, 2.45) is 0 Å². The average Bonchev–Trinajstić information content (AvgIpc) is 3.15. The lowest BCUT2D eigenvalue weighted by atomic mass is 10.1. The monoisotopic (exact) mass is 417 g/mol. The minimum Gasteiger partial charge on any atom is -0.496 e. The lowest BCUT2D eigenvalue weighted by Crippen LogP contribution is -2.21. The number of aromatic nitrogens is 2. The number of fused-ring (bicyclic) bond motifs is 2. The van der Waals surface area contributed by atoms with Crippen molar-refractivity contribution in [1.29, 1.82) is 0 Å². The summed E-state index contributed by atoms with van der Waals surface area (Å²) in [6, 6.07) is 12.4. The van der Waals surface area contributed by atoms with Crippen LogP contribution in [0.1, 0.15) is 17.8 Å². The smallest absolute Gasteiger partial charge is 0.328 e. The van der Waals surface area contributed by atoms with E-state index in [0.717, 1.165) is 29.0 Å². The topological polar surface area (TPSA) is 111 Å². The molecule has 1 aliphatic heterocycles. The van der Waals surface area contributed by atoms with Gasteiger partial charge in [-0.3, -0.25) is 14.2 Å². The molecular weight excluding hydrogens is 398 g/mol. The maximum Gasteiger partial charge on any atom is 0.328 e. The third kappa shape index (κ3) is 4.09. The Bertz CT molecular complexity index is 1320. The van der Waals surface area contributed by atoms with Crippen molar-refractivity contribution in [1.82, 2.24) is 9.55 Å². The molecule has 0 atom stereocenters. The summed E-state index contributed by atoms with van der Waals surface area (Å²) in [4.78, 5) is 40.0. The Hall–Kier alpha value is -4.20. The van der Waals surface area contributed by atoms with Gasteiger partial charge in [-0.15, -0.1) is 0 Å². The van der Waals surface area contributed by atoms with Gasteiger partial charge >= 0.3 is 5.97 Å². The number of hydrogen-bond acceptors (Lipinski definition) is 5. The maximum atomic E-state index is 13.0. The van der Waals surface area contributed by atoms with Crippen LogP contribution < -0.4 is 15.6 Å². The molecule has 2 heterocycles. The highest BCUT2D eigenvalue weighted by Crippen LogP contribution is 2.30. The first-order chi connectivity index (χ1) is 15.0. The number of methoxy groups -OCH3 is 1. The zero-order chi connectivity index (χ0) is 22.0. The van der Waals surface area contributed by atoms with Crippen LogP contribution in [0.25, 0.3) is 22.6 Å². The van der Waals surface area contributed by atoms with E-state index in [9.17, 15) is 14.4 Å². The van der Waals surface area contributed by atoms with E-state index < -0.39 is 11.9 Å². The number of nitrogens with zero attached hydrogens (tertiary/aromatic N) is 2. The number of rotatable bonds is 5. The number of carboxylic acids is 1. The zero-order valence-electron chi connectivity index (χ0n) is 16.7. The summed E-state index contributed by atoms with van der Waals surface area (Å²) in [5.41, 5.74) is 2.53. The molecule has 8 nitrogen and oxygen atoms in total. The summed E-state index contributed by atoms with van der Waals surface area (Å²) in [5, 5.41) is 11.6. The fraction of sp³-hybridized carbons (Fsp3) is 0.130. The number of carboxylic acid groups (broad SMARTS) is 1. The normalized spacial score (nSPS) is 14.2. The molecule has 0 radical (unpaired) electrons. The second kappa shape index (κ2) is 8.27. The summed E-state index contributed by atoms with van der Waals surface area (Å²) in [5.74, 6) is -0.488. The van der Waals surface area contributed by atoms with E-state index in [2.05, 4.69) is 10.3 Å². The van der Waals surface area contributed by atoms with Gasteiger partial charge in [0.25, 0.3) is 5.56 Å². The van der Waals surface area contributed by atoms with Crippen LogP contribution in [0, 0.1) is 0 Å². The first kappa shape index (κ1) is 20.1. The molecule has 0 unspecified atom stereocenters. The Morgan fingerprint density at radius 3 is 2.77 bits per heavy atom. The summed E-state index contributed by atoms with van der Waals surface area (Å²) in [6.45, 7) is 0.538. The van der Waals surface area contributed by atoms with Crippen molar-refractivity contribution >= 4 is 40.1 Å². The molecule has 1 aliphatic rings. The second-order valence-corrected chi connectivity index (χ2v) is 6.95. The Labute approximate surface area is 177 Å². The van der Waals surface area contributed by atoms with Gasteiger partial charge in [0.1, 0.15) is 11.6 Å². The van der Waals surface area contributed by atoms with E-state index >= 15 is 0 Å². The number of hydrogen-bond donors (Lipinski definition) is 2. The van der Waals surface area contributed by atoms with E-state index in [1.54, 1.807) is 29.9 Å². The molecule has 8 heteroatoms. The number of carbonyl (C=O) groups is 2. The minimum atomic E-state index is -1.21. The number of anilines is 1. The van der Waals surface area contributed by atoms with E-state index in [1.165, 1.54) is 0 Å². The van der Waals surface area contributed by atoms with E-state index in [0.29, 0.717) is 35.4 Å². The van der Waals surface area contributed by atoms with Gasteiger partial charge in [0.05, 0.1) is 18.0 Å². The molecule has 1 amide bonds. The molecule has 0 aliphatic carbocycles. The lowest BCUT2D eigenvalue weighted by molar-refractivity contribution is -0.131. The van der Waals surface area contributed by atoms with E-state index in [1.807, 2.05) is 30.3 Å². The molecule has 1 aromatic heterocycles. The van der Waals surface area contributed by atoms with Gasteiger partial charge in [0, 0.05) is 29.9 Å². The van der Waals surface area contributed by atoms with Crippen LogP contribution in [0.3, 0.4) is 0 Å². The van der Waals surface area contributed by atoms with Gasteiger partial charge in [-0.25, -0.2) is 9.78 Å². The van der Waals surface area contributed by atoms with Crippen molar-refractivity contribution in [3.8, 4) is 5.75 Å². The molecule has 2 N–H and O–H groups in total. The molecule has 0 bridgehead atoms. The number of aliphatic carboxylic acids is 1. The predicted octanol–water partition coefficient (Wildman–Crippen LogP) is 2.93. The summed E-state index contributed by atoms with van der Waals surface area (Å²) >= 11 is 0. The Balaban J connectivity index is 1.74. The summed E-state index contributed by atoms with van der Waals surface area (Å²) in [6.07, 6.45) is 4.31. The number of allylic oxidation sites excluding steroid dienone is 1. The number of ether oxygens (including phenoxy) is 1. The Morgan fingerprint density at radius 1 is 1.19 bits per heavy atom. The fourth-order valence-electron chi connectivity index (χ4n) is 3.54. The van der Waals surface area contributed by atoms with Crippen LogP contribution in [0.2, 0.25) is 0 Å². The molecule has 156 valence electrons. The van der Waals surface area contributed by atoms with Crippen LogP contribution in [0.5, 0.6) is 5.75 Å². The molecule has 0 saturated carbocycles. The second-order valence-electron chi connectivity index (χ2n) is 6.95. The Kier molecular flexibility index (Phi) is 5.36. The quantitative estimate of drug-likeness (QED) is 0.618. The van der Waals surface area contributed by atoms with Crippen molar-refractivity contribution in [2.75, 3.05) is 12.4 Å². The van der Waals surface area contributed by atoms with Crippen LogP contribution in [-0.2, 0) is 16.1 Å². The Morgan fingerprint density at radius 2 is 2.00 bits per heavy atom. The first-order valence-corrected chi connectivity index (χ1v) is 9.57. The highest BCUT2D eigenvalue weighted by molar-refractivity contribution is 6.03. The number of amides is 1. The van der Waals surface area contributed by atoms with Crippen molar-refractivity contribution in [3.63, 3.8) is 0 Å². The molecule has 0 spiro atoms. The van der Waals surface area contributed by atoms with Gasteiger partial charge < -0.3 is 15.2 Å². The zero-order valence-corrected chi connectivity index (χ0v) is 16.7. The minimum absolute atomic E-state index is 0.146. The van der Waals surface area contributed by atoms with Crippen molar-refractivity contribution in [3.05, 3.63) is 76.4 Å². The van der Waals surface area contributed by atoms with Gasteiger partial charge in [-0.1, -0.05) is 18.2 Å². The third-order valence-corrected chi connectivity index (χ3v) is 4.96. The fourth-order valence-corrected chi connectivity index (χ4v) is 3.54. The van der Waals surface area contributed by atoms with Gasteiger partial charge in [0.15, 0.2) is 0 Å². The molecule has 4 rings (SSSR count). The maximum absolute atomic E-state index is 13.0. The van der Waals surface area contributed by atoms with Gasteiger partial charge in [0.2, 0.25) is 5.91 Å². The molecule has 0 fully saturated rings. The molecule has 31 heavy (non-hydrogen) atoms. The first-order valence-electron chi connectivity index (χ1n) is 9.57. The largest absolute Gasteiger partial charge is 0.496 e. The van der Waals surface area contributed by atoms with Crippen LogP contribution >= 0.6 is 0 Å². The molecule has 2 aromatic carbocycles. The van der Waals surface area contributed by atoms with Crippen LogP contribution in [-0.4, -0.2) is 33.6 Å². The number of para-hydroxylation sites is 1. The molecular formula is C23H19N3O5. The SMILES string of the molecule is COc1ccccc1C=C1CCn2c1nc1cc(NC(=O)/C=C\C(=O)O)ccc1c2=O. The van der Waals surface area contributed by atoms with Crippen molar-refractivity contribution in [2.45, 2.75) is 13.0 Å². The molecule has 0 saturated heterocycles. The standard InChI is InChI=1S/C23H19N3O5/c1-31-19-5-3-2-4-14(19)12-15-10-11-26-22(15)25-18-13-16(6-7-17(18)23(26)30)24-20(27)8-9-21(28)29/h2-9,12-13H,10-11H2,1H3,(H,24,27)(H,28,29)/b9-8-,15-12?. The molecule has 3 aromatic rings. The summed E-state index contributed by atoms with van der Waals surface area (Å²) in [7, 11) is 1.61. The van der Waals surface area contributed by atoms with Crippen molar-refractivity contribution < 1.29 is 19.4 Å². The van der Waals surface area contributed by atoms with E-state index in [4.69, 9.17) is 9.84 Å². The van der Waals surface area contributed by atoms with Crippen LogP contribution in [0.15, 0.2) is 59.4 Å². The van der Waals surface area contributed by atoms with E-state index in [-0.39, 0.29) is 5.56 Å². The average molecular weight is 417 g/mol. The third-order valence-electron chi connectivity index (χ3n) is 4.96. The number of carbonyl (C=O) groups excluding carboxylic acids is 1. The van der Waals surface area contributed by atoms with Crippen LogP contribution in [0.4, 0.5) is 5.69 Å². The highest BCUT2D eigenvalue weighted by atomic mass is 16.5. The highest BCUT2D eigenvalue weighted by Gasteiger charge is 2.21. The number of nitrogens with one attached hydrogen (secondary N) is 1. The summed E-state index contributed by atoms with van der Waals surface area (Å²) < 4.78 is 7.06. The van der Waals surface area contributed by atoms with Gasteiger partial charge in [-0.05, 0) is 42.3 Å².